The van der Waals surface area contributed by atoms with E-state index in [-0.39, 0.29) is 0 Å². The Labute approximate surface area is 64.5 Å². The zero-order valence-corrected chi connectivity index (χ0v) is 7.19. The highest BCUT2D eigenvalue weighted by Crippen LogP contribution is 2.01. The van der Waals surface area contributed by atoms with Crippen molar-refractivity contribution in [3.8, 4) is 0 Å². The molecule has 0 amide bonds. The summed E-state index contributed by atoms with van der Waals surface area (Å²) < 4.78 is 0. The van der Waals surface area contributed by atoms with Gasteiger partial charge in [0.05, 0.1) is 0 Å². The highest BCUT2D eigenvalue weighted by atomic mass is 14.8. The van der Waals surface area contributed by atoms with Crippen LogP contribution in [0.25, 0.3) is 0 Å². The molecule has 60 valence electrons. The zero-order valence-electron chi connectivity index (χ0n) is 7.19. The average Bonchev–Trinajstić information content (AvgIpc) is 1.89. The van der Waals surface area contributed by atoms with E-state index in [0.717, 1.165) is 19.0 Å². The van der Waals surface area contributed by atoms with E-state index in [1.54, 1.807) is 0 Å². The molecular formula is C9H19N. The first-order valence-corrected chi connectivity index (χ1v) is 4.12. The van der Waals surface area contributed by atoms with Crippen LogP contribution >= 0.6 is 0 Å². The van der Waals surface area contributed by atoms with Gasteiger partial charge in [-0.25, -0.2) is 0 Å². The van der Waals surface area contributed by atoms with E-state index in [4.69, 9.17) is 0 Å². The number of hydrogen-bond acceptors (Lipinski definition) is 1. The quantitative estimate of drug-likeness (QED) is 0.441. The molecule has 0 heterocycles. The first kappa shape index (κ1) is 9.70. The van der Waals surface area contributed by atoms with E-state index < -0.39 is 0 Å². The second-order valence-electron chi connectivity index (χ2n) is 2.84. The van der Waals surface area contributed by atoms with Crippen molar-refractivity contribution >= 4 is 0 Å². The van der Waals surface area contributed by atoms with E-state index in [9.17, 15) is 0 Å². The highest BCUT2D eigenvalue weighted by Gasteiger charge is 1.96. The maximum absolute atomic E-state index is 3.64. The standard InChI is InChI=1S/C9H19N/c1-4-6-9(3)8-10-7-5-2/h5,9-10H,2,4,6-8H2,1,3H3. The summed E-state index contributed by atoms with van der Waals surface area (Å²) in [5, 5.41) is 3.30. The van der Waals surface area contributed by atoms with Crippen LogP contribution in [0.1, 0.15) is 26.7 Å². The largest absolute Gasteiger partial charge is 0.313 e. The van der Waals surface area contributed by atoms with E-state index in [0.29, 0.717) is 0 Å². The molecule has 0 radical (unpaired) electrons. The molecule has 10 heavy (non-hydrogen) atoms. The third-order valence-corrected chi connectivity index (χ3v) is 1.56. The Morgan fingerprint density at radius 3 is 2.80 bits per heavy atom. The van der Waals surface area contributed by atoms with Gasteiger partial charge in [0.2, 0.25) is 0 Å². The number of rotatable bonds is 6. The second kappa shape index (κ2) is 6.81. The van der Waals surface area contributed by atoms with Crippen LogP contribution in [0.3, 0.4) is 0 Å². The van der Waals surface area contributed by atoms with Crippen molar-refractivity contribution in [3.05, 3.63) is 12.7 Å². The average molecular weight is 141 g/mol. The lowest BCUT2D eigenvalue weighted by atomic mass is 10.1. The minimum Gasteiger partial charge on any atom is -0.313 e. The van der Waals surface area contributed by atoms with Gasteiger partial charge in [-0.2, -0.15) is 0 Å². The third kappa shape index (κ3) is 5.83. The molecule has 0 aromatic rings. The Morgan fingerprint density at radius 2 is 2.30 bits per heavy atom. The molecule has 1 heteroatoms. The summed E-state index contributed by atoms with van der Waals surface area (Å²) in [5.41, 5.74) is 0. The maximum atomic E-state index is 3.64. The predicted molar refractivity (Wildman–Crippen MR) is 47.1 cm³/mol. The van der Waals surface area contributed by atoms with E-state index in [1.807, 2.05) is 6.08 Å². The van der Waals surface area contributed by atoms with Gasteiger partial charge in [-0.15, -0.1) is 6.58 Å². The Morgan fingerprint density at radius 1 is 1.60 bits per heavy atom. The van der Waals surface area contributed by atoms with Crippen LogP contribution in [-0.4, -0.2) is 13.1 Å². The van der Waals surface area contributed by atoms with Crippen LogP contribution < -0.4 is 5.32 Å². The zero-order chi connectivity index (χ0) is 7.82. The van der Waals surface area contributed by atoms with Crippen molar-refractivity contribution in [1.82, 2.24) is 5.32 Å². The van der Waals surface area contributed by atoms with Gasteiger partial charge < -0.3 is 5.32 Å². The summed E-state index contributed by atoms with van der Waals surface area (Å²) in [4.78, 5) is 0. The Balaban J connectivity index is 3.04. The van der Waals surface area contributed by atoms with Crippen molar-refractivity contribution in [1.29, 1.82) is 0 Å². The van der Waals surface area contributed by atoms with Crippen LogP contribution in [0.15, 0.2) is 12.7 Å². The molecule has 0 aromatic carbocycles. The summed E-state index contributed by atoms with van der Waals surface area (Å²) >= 11 is 0. The van der Waals surface area contributed by atoms with Crippen molar-refractivity contribution in [3.63, 3.8) is 0 Å². The smallest absolute Gasteiger partial charge is 0.0132 e. The summed E-state index contributed by atoms with van der Waals surface area (Å²) in [6.45, 7) is 10.2. The molecule has 0 saturated heterocycles. The minimum atomic E-state index is 0.810. The molecule has 0 rings (SSSR count). The monoisotopic (exact) mass is 141 g/mol. The fourth-order valence-corrected chi connectivity index (χ4v) is 1.03. The van der Waals surface area contributed by atoms with Gasteiger partial charge in [0.25, 0.3) is 0 Å². The molecule has 0 saturated carbocycles. The van der Waals surface area contributed by atoms with Crippen LogP contribution in [0, 0.1) is 5.92 Å². The van der Waals surface area contributed by atoms with Crippen LogP contribution in [0.5, 0.6) is 0 Å². The molecule has 0 bridgehead atoms. The fourth-order valence-electron chi connectivity index (χ4n) is 1.03. The van der Waals surface area contributed by atoms with Gasteiger partial charge in [0, 0.05) is 6.54 Å². The van der Waals surface area contributed by atoms with Gasteiger partial charge in [-0.05, 0) is 18.9 Å². The lowest BCUT2D eigenvalue weighted by Gasteiger charge is -2.09. The molecule has 0 aliphatic rings. The van der Waals surface area contributed by atoms with Gasteiger partial charge in [0.15, 0.2) is 0 Å². The molecule has 1 unspecified atom stereocenters. The molecule has 0 aliphatic heterocycles. The molecule has 1 nitrogen and oxygen atoms in total. The minimum absolute atomic E-state index is 0.810. The van der Waals surface area contributed by atoms with Crippen molar-refractivity contribution < 1.29 is 0 Å². The third-order valence-electron chi connectivity index (χ3n) is 1.56. The first-order valence-electron chi connectivity index (χ1n) is 4.12. The van der Waals surface area contributed by atoms with Crippen LogP contribution in [0.2, 0.25) is 0 Å². The lowest BCUT2D eigenvalue weighted by Crippen LogP contribution is -2.20. The molecule has 0 aromatic heterocycles. The molecule has 0 spiro atoms. The molecule has 1 atom stereocenters. The summed E-state index contributed by atoms with van der Waals surface area (Å²) in [5.74, 6) is 0.810. The fraction of sp³-hybridized carbons (Fsp3) is 0.778. The highest BCUT2D eigenvalue weighted by molar-refractivity contribution is 4.70. The topological polar surface area (TPSA) is 12.0 Å². The van der Waals surface area contributed by atoms with Gasteiger partial charge in [-0.3, -0.25) is 0 Å². The van der Waals surface area contributed by atoms with Crippen LogP contribution in [0.4, 0.5) is 0 Å². The van der Waals surface area contributed by atoms with Crippen molar-refractivity contribution in [2.45, 2.75) is 26.7 Å². The Bertz CT molecular complexity index is 78.8. The normalized spacial score (nSPS) is 13.0. The van der Waals surface area contributed by atoms with Crippen molar-refractivity contribution in [2.24, 2.45) is 5.92 Å². The molecule has 0 aliphatic carbocycles. The molecular weight excluding hydrogens is 122 g/mol. The van der Waals surface area contributed by atoms with E-state index in [2.05, 4.69) is 25.7 Å². The Kier molecular flexibility index (Phi) is 6.61. The van der Waals surface area contributed by atoms with E-state index >= 15 is 0 Å². The SMILES string of the molecule is C=CCNCC(C)CCC. The van der Waals surface area contributed by atoms with Gasteiger partial charge in [-0.1, -0.05) is 26.3 Å². The second-order valence-corrected chi connectivity index (χ2v) is 2.84. The Hall–Kier alpha value is -0.300. The van der Waals surface area contributed by atoms with E-state index in [1.165, 1.54) is 12.8 Å². The van der Waals surface area contributed by atoms with Crippen LogP contribution in [-0.2, 0) is 0 Å². The summed E-state index contributed by atoms with van der Waals surface area (Å²) in [6, 6.07) is 0. The molecule has 0 fully saturated rings. The molecule has 1 N–H and O–H groups in total. The predicted octanol–water partition coefficient (Wildman–Crippen LogP) is 2.20. The van der Waals surface area contributed by atoms with Crippen molar-refractivity contribution in [2.75, 3.05) is 13.1 Å². The number of hydrogen-bond donors (Lipinski definition) is 1. The number of nitrogens with one attached hydrogen (secondary N) is 1. The van der Waals surface area contributed by atoms with Gasteiger partial charge >= 0.3 is 0 Å². The lowest BCUT2D eigenvalue weighted by molar-refractivity contribution is 0.489. The van der Waals surface area contributed by atoms with Gasteiger partial charge in [0.1, 0.15) is 0 Å². The summed E-state index contributed by atoms with van der Waals surface area (Å²) in [7, 11) is 0. The first-order chi connectivity index (χ1) is 4.81. The maximum Gasteiger partial charge on any atom is 0.0132 e. The summed E-state index contributed by atoms with van der Waals surface area (Å²) in [6.07, 6.45) is 4.51.